The van der Waals surface area contributed by atoms with Gasteiger partial charge in [0, 0.05) is 11.9 Å². The van der Waals surface area contributed by atoms with Crippen molar-refractivity contribution in [3.63, 3.8) is 0 Å². The van der Waals surface area contributed by atoms with Gasteiger partial charge in [-0.15, -0.1) is 11.3 Å². The largest absolute Gasteiger partial charge is 0.354 e. The molecule has 0 bridgehead atoms. The third-order valence-electron chi connectivity index (χ3n) is 2.70. The Morgan fingerprint density at radius 2 is 2.16 bits per heavy atom. The van der Waals surface area contributed by atoms with E-state index in [4.69, 9.17) is 11.6 Å². The molecule has 0 aromatic carbocycles. The Morgan fingerprint density at radius 3 is 2.74 bits per heavy atom. The number of hydrogen-bond donors (Lipinski definition) is 0. The van der Waals surface area contributed by atoms with Crippen LogP contribution in [-0.4, -0.2) is 28.3 Å². The lowest BCUT2D eigenvalue weighted by Gasteiger charge is -2.19. The summed E-state index contributed by atoms with van der Waals surface area (Å²) in [5.41, 5.74) is 3.11. The Balaban J connectivity index is 2.36. The van der Waals surface area contributed by atoms with Crippen LogP contribution in [0.5, 0.6) is 0 Å². The molecule has 5 nitrogen and oxygen atoms in total. The van der Waals surface area contributed by atoms with Gasteiger partial charge >= 0.3 is 0 Å². The maximum Gasteiger partial charge on any atom is 0.156 e. The quantitative estimate of drug-likeness (QED) is 0.641. The Hall–Kier alpha value is -1.53. The summed E-state index contributed by atoms with van der Waals surface area (Å²) in [6.07, 6.45) is 0.688. The molecule has 0 saturated carbocycles. The van der Waals surface area contributed by atoms with Crippen molar-refractivity contribution in [1.29, 1.82) is 0 Å². The van der Waals surface area contributed by atoms with Gasteiger partial charge < -0.3 is 4.90 Å². The summed E-state index contributed by atoms with van der Waals surface area (Å²) in [4.78, 5) is 26.6. The molecule has 2 rings (SSSR count). The molecule has 0 aliphatic heterocycles. The molecule has 0 saturated heterocycles. The predicted molar refractivity (Wildman–Crippen MR) is 76.1 cm³/mol. The van der Waals surface area contributed by atoms with Crippen LogP contribution < -0.4 is 4.90 Å². The molecular formula is C12H13ClN4OS. The van der Waals surface area contributed by atoms with E-state index < -0.39 is 0 Å². The smallest absolute Gasteiger partial charge is 0.156 e. The highest BCUT2D eigenvalue weighted by molar-refractivity contribution is 7.09. The van der Waals surface area contributed by atoms with Gasteiger partial charge in [-0.25, -0.2) is 15.0 Å². The van der Waals surface area contributed by atoms with Crippen molar-refractivity contribution in [3.05, 3.63) is 32.6 Å². The zero-order valence-electron chi connectivity index (χ0n) is 10.8. The predicted octanol–water partition coefficient (Wildman–Crippen LogP) is 2.65. The fourth-order valence-corrected chi connectivity index (χ4v) is 2.77. The number of halogens is 1. The third kappa shape index (κ3) is 2.90. The van der Waals surface area contributed by atoms with Gasteiger partial charge in [0.1, 0.15) is 16.8 Å². The summed E-state index contributed by atoms with van der Waals surface area (Å²) in [5, 5.41) is 0.186. The minimum atomic E-state index is 0.186. The number of hydrogen-bond acceptors (Lipinski definition) is 6. The molecule has 0 aliphatic carbocycles. The van der Waals surface area contributed by atoms with Crippen LogP contribution >= 0.6 is 22.9 Å². The summed E-state index contributed by atoms with van der Waals surface area (Å²) < 4.78 is 0. The van der Waals surface area contributed by atoms with Crippen LogP contribution in [0.1, 0.15) is 26.8 Å². The lowest BCUT2D eigenvalue weighted by atomic mass is 10.3. The fourth-order valence-electron chi connectivity index (χ4n) is 1.69. The average molecular weight is 297 g/mol. The molecule has 0 aliphatic rings. The van der Waals surface area contributed by atoms with E-state index in [1.54, 1.807) is 23.8 Å². The van der Waals surface area contributed by atoms with Crippen LogP contribution in [0.15, 0.2) is 5.51 Å². The van der Waals surface area contributed by atoms with Crippen molar-refractivity contribution < 1.29 is 4.79 Å². The van der Waals surface area contributed by atoms with Gasteiger partial charge in [0.2, 0.25) is 0 Å². The van der Waals surface area contributed by atoms with Crippen LogP contribution in [0.3, 0.4) is 0 Å². The summed E-state index contributed by atoms with van der Waals surface area (Å²) >= 11 is 7.55. The summed E-state index contributed by atoms with van der Waals surface area (Å²) in [6, 6.07) is 0. The van der Waals surface area contributed by atoms with E-state index >= 15 is 0 Å². The van der Waals surface area contributed by atoms with Crippen molar-refractivity contribution in [2.75, 3.05) is 11.9 Å². The molecule has 0 amide bonds. The third-order valence-corrected chi connectivity index (χ3v) is 3.90. The van der Waals surface area contributed by atoms with Gasteiger partial charge in [-0.3, -0.25) is 4.79 Å². The number of carbonyl (C=O) groups excluding carboxylic acids is 1. The van der Waals surface area contributed by atoms with E-state index in [9.17, 15) is 4.79 Å². The van der Waals surface area contributed by atoms with Crippen molar-refractivity contribution in [3.8, 4) is 0 Å². The fraction of sp³-hybridized carbons (Fsp3) is 0.333. The molecule has 7 heteroatoms. The van der Waals surface area contributed by atoms with E-state index in [1.807, 2.05) is 18.9 Å². The highest BCUT2D eigenvalue weighted by Gasteiger charge is 2.16. The number of nitrogens with zero attached hydrogens (tertiary/aromatic N) is 4. The van der Waals surface area contributed by atoms with E-state index in [2.05, 4.69) is 15.0 Å². The van der Waals surface area contributed by atoms with Crippen LogP contribution in [0.25, 0.3) is 0 Å². The maximum absolute atomic E-state index is 11.1. The molecule has 2 aromatic heterocycles. The van der Waals surface area contributed by atoms with E-state index in [-0.39, 0.29) is 5.15 Å². The average Bonchev–Trinajstić information content (AvgIpc) is 2.74. The Morgan fingerprint density at radius 1 is 1.42 bits per heavy atom. The topological polar surface area (TPSA) is 59.0 Å². The van der Waals surface area contributed by atoms with E-state index in [0.717, 1.165) is 10.6 Å². The molecule has 100 valence electrons. The summed E-state index contributed by atoms with van der Waals surface area (Å²) in [5.74, 6) is 1.08. The van der Waals surface area contributed by atoms with Crippen molar-refractivity contribution in [2.24, 2.45) is 0 Å². The van der Waals surface area contributed by atoms with Crippen LogP contribution in [0, 0.1) is 13.8 Å². The molecule has 0 spiro atoms. The van der Waals surface area contributed by atoms with Crippen molar-refractivity contribution in [2.45, 2.75) is 20.4 Å². The number of aldehydes is 1. The molecule has 19 heavy (non-hydrogen) atoms. The van der Waals surface area contributed by atoms with Gasteiger partial charge in [-0.2, -0.15) is 0 Å². The van der Waals surface area contributed by atoms with Crippen LogP contribution in [-0.2, 0) is 6.54 Å². The van der Waals surface area contributed by atoms with E-state index in [1.165, 1.54) is 0 Å². The van der Waals surface area contributed by atoms with E-state index in [0.29, 0.717) is 30.0 Å². The highest BCUT2D eigenvalue weighted by Crippen LogP contribution is 2.24. The molecule has 0 radical (unpaired) electrons. The monoisotopic (exact) mass is 296 g/mol. The normalized spacial score (nSPS) is 10.5. The summed E-state index contributed by atoms with van der Waals surface area (Å²) in [7, 11) is 1.87. The van der Waals surface area contributed by atoms with Gasteiger partial charge in [-0.1, -0.05) is 11.6 Å². The molecule has 0 unspecified atom stereocenters. The molecular weight excluding hydrogens is 284 g/mol. The Bertz CT molecular complexity index is 614. The SMILES string of the molecule is Cc1nc(Cl)c(C=O)c(N(C)Cc2scnc2C)n1. The second-order valence-electron chi connectivity index (χ2n) is 4.13. The molecule has 0 fully saturated rings. The number of aryl methyl sites for hydroxylation is 2. The molecule has 0 N–H and O–H groups in total. The zero-order valence-corrected chi connectivity index (χ0v) is 12.4. The molecule has 0 atom stereocenters. The first-order valence-corrected chi connectivity index (χ1v) is 6.88. The molecule has 2 aromatic rings. The van der Waals surface area contributed by atoms with Gasteiger partial charge in [-0.05, 0) is 13.8 Å². The lowest BCUT2D eigenvalue weighted by Crippen LogP contribution is -2.20. The number of carbonyl (C=O) groups is 1. The number of aromatic nitrogens is 3. The standard InChI is InChI=1S/C12H13ClN4OS/c1-7-10(19-6-14-7)4-17(3)12-9(5-18)11(13)15-8(2)16-12/h5-6H,4H2,1-3H3. The Kier molecular flexibility index (Phi) is 4.11. The van der Waals surface area contributed by atoms with Crippen molar-refractivity contribution in [1.82, 2.24) is 15.0 Å². The summed E-state index contributed by atoms with van der Waals surface area (Å²) in [6.45, 7) is 4.33. The number of anilines is 1. The minimum absolute atomic E-state index is 0.186. The maximum atomic E-state index is 11.1. The minimum Gasteiger partial charge on any atom is -0.354 e. The number of rotatable bonds is 4. The lowest BCUT2D eigenvalue weighted by molar-refractivity contribution is 0.112. The first kappa shape index (κ1) is 13.9. The first-order chi connectivity index (χ1) is 9.02. The number of thiazole rings is 1. The Labute approximate surface area is 120 Å². The second kappa shape index (κ2) is 5.63. The highest BCUT2D eigenvalue weighted by atomic mass is 35.5. The zero-order chi connectivity index (χ0) is 14.0. The van der Waals surface area contributed by atoms with Gasteiger partial charge in [0.25, 0.3) is 0 Å². The second-order valence-corrected chi connectivity index (χ2v) is 5.43. The van der Waals surface area contributed by atoms with Crippen molar-refractivity contribution >= 4 is 35.0 Å². The van der Waals surface area contributed by atoms with Crippen LogP contribution in [0.2, 0.25) is 5.15 Å². The molecule has 2 heterocycles. The van der Waals surface area contributed by atoms with Gasteiger partial charge in [0.15, 0.2) is 6.29 Å². The first-order valence-electron chi connectivity index (χ1n) is 5.62. The van der Waals surface area contributed by atoms with Crippen LogP contribution in [0.4, 0.5) is 5.82 Å². The van der Waals surface area contributed by atoms with Gasteiger partial charge in [0.05, 0.1) is 23.3 Å².